The van der Waals surface area contributed by atoms with Crippen molar-refractivity contribution < 1.29 is 13.9 Å². The average Bonchev–Trinajstić information content (AvgIpc) is 3.24. The third-order valence-electron chi connectivity index (χ3n) is 4.13. The summed E-state index contributed by atoms with van der Waals surface area (Å²) in [6, 6.07) is 24.1. The van der Waals surface area contributed by atoms with Crippen molar-refractivity contribution >= 4 is 21.9 Å². The highest BCUT2D eigenvalue weighted by atomic mass is 79.9. The molecule has 0 amide bonds. The molecule has 0 radical (unpaired) electrons. The Hall–Kier alpha value is -3.25. The van der Waals surface area contributed by atoms with Crippen LogP contribution in [0, 0.1) is 0 Å². The van der Waals surface area contributed by atoms with Gasteiger partial charge in [0.15, 0.2) is 0 Å². The molecule has 0 fully saturated rings. The van der Waals surface area contributed by atoms with Gasteiger partial charge in [-0.05, 0) is 42.5 Å². The molecule has 4 rings (SSSR count). The fourth-order valence-electron chi connectivity index (χ4n) is 2.63. The SMILES string of the molecule is O=C(OCc1ccccc1Br)c1ccc(-c2nnc(-c3ccccc3)o2)cc1. The number of esters is 1. The molecule has 28 heavy (non-hydrogen) atoms. The lowest BCUT2D eigenvalue weighted by molar-refractivity contribution is 0.0472. The molecule has 3 aromatic carbocycles. The summed E-state index contributed by atoms with van der Waals surface area (Å²) in [5.74, 6) is 0.456. The Morgan fingerprint density at radius 2 is 1.43 bits per heavy atom. The van der Waals surface area contributed by atoms with E-state index in [2.05, 4.69) is 26.1 Å². The molecule has 0 saturated heterocycles. The van der Waals surface area contributed by atoms with Gasteiger partial charge < -0.3 is 9.15 Å². The van der Waals surface area contributed by atoms with Gasteiger partial charge in [-0.3, -0.25) is 0 Å². The van der Waals surface area contributed by atoms with Crippen LogP contribution in [0.3, 0.4) is 0 Å². The molecule has 0 bridgehead atoms. The zero-order valence-corrected chi connectivity index (χ0v) is 16.3. The van der Waals surface area contributed by atoms with Crippen molar-refractivity contribution in [2.75, 3.05) is 0 Å². The monoisotopic (exact) mass is 434 g/mol. The lowest BCUT2D eigenvalue weighted by atomic mass is 10.1. The Kier molecular flexibility index (Phi) is 5.30. The number of benzene rings is 3. The number of aromatic nitrogens is 2. The molecule has 5 nitrogen and oxygen atoms in total. The second-order valence-corrected chi connectivity index (χ2v) is 6.88. The van der Waals surface area contributed by atoms with Gasteiger partial charge in [0.1, 0.15) is 6.61 Å². The minimum atomic E-state index is -0.391. The molecule has 0 saturated carbocycles. The highest BCUT2D eigenvalue weighted by molar-refractivity contribution is 9.10. The van der Waals surface area contributed by atoms with E-state index < -0.39 is 5.97 Å². The van der Waals surface area contributed by atoms with E-state index in [1.165, 1.54) is 0 Å². The van der Waals surface area contributed by atoms with E-state index in [1.807, 2.05) is 54.6 Å². The summed E-state index contributed by atoms with van der Waals surface area (Å²) in [4.78, 5) is 12.3. The second-order valence-electron chi connectivity index (χ2n) is 6.02. The lowest BCUT2D eigenvalue weighted by Crippen LogP contribution is -2.05. The summed E-state index contributed by atoms with van der Waals surface area (Å²) < 4.78 is 12.0. The van der Waals surface area contributed by atoms with Gasteiger partial charge in [-0.1, -0.05) is 52.3 Å². The van der Waals surface area contributed by atoms with Crippen molar-refractivity contribution in [1.82, 2.24) is 10.2 Å². The van der Waals surface area contributed by atoms with Crippen LogP contribution in [0.4, 0.5) is 0 Å². The van der Waals surface area contributed by atoms with Gasteiger partial charge in [0.25, 0.3) is 0 Å². The number of carbonyl (C=O) groups is 1. The molecule has 4 aromatic rings. The minimum Gasteiger partial charge on any atom is -0.457 e. The first-order chi connectivity index (χ1) is 13.7. The van der Waals surface area contributed by atoms with Crippen molar-refractivity contribution in [2.24, 2.45) is 0 Å². The first kappa shape index (κ1) is 18.1. The van der Waals surface area contributed by atoms with E-state index in [1.54, 1.807) is 24.3 Å². The van der Waals surface area contributed by atoms with Gasteiger partial charge in [0.05, 0.1) is 5.56 Å². The summed E-state index contributed by atoms with van der Waals surface area (Å²) >= 11 is 3.44. The van der Waals surface area contributed by atoms with E-state index in [9.17, 15) is 4.79 Å². The molecular weight excluding hydrogens is 420 g/mol. The number of ether oxygens (including phenoxy) is 1. The third kappa shape index (κ3) is 4.02. The van der Waals surface area contributed by atoms with Gasteiger partial charge >= 0.3 is 5.97 Å². The maximum Gasteiger partial charge on any atom is 0.338 e. The molecular formula is C22H15BrN2O3. The first-order valence-corrected chi connectivity index (χ1v) is 9.40. The van der Waals surface area contributed by atoms with Crippen LogP contribution in [-0.2, 0) is 11.3 Å². The second kappa shape index (κ2) is 8.19. The molecule has 0 spiro atoms. The van der Waals surface area contributed by atoms with Gasteiger partial charge in [-0.2, -0.15) is 0 Å². The largest absolute Gasteiger partial charge is 0.457 e. The zero-order chi connectivity index (χ0) is 19.3. The van der Waals surface area contributed by atoms with Gasteiger partial charge in [0.2, 0.25) is 11.8 Å². The Morgan fingerprint density at radius 1 is 0.821 bits per heavy atom. The minimum absolute atomic E-state index is 0.200. The predicted octanol–water partition coefficient (Wildman–Crippen LogP) is 5.52. The van der Waals surface area contributed by atoms with Crippen LogP contribution in [0.1, 0.15) is 15.9 Å². The quantitative estimate of drug-likeness (QED) is 0.386. The van der Waals surface area contributed by atoms with Gasteiger partial charge in [-0.15, -0.1) is 10.2 Å². The fraction of sp³-hybridized carbons (Fsp3) is 0.0455. The van der Waals surface area contributed by atoms with E-state index in [4.69, 9.17) is 9.15 Å². The number of hydrogen-bond donors (Lipinski definition) is 0. The van der Waals surface area contributed by atoms with Crippen molar-refractivity contribution in [3.63, 3.8) is 0 Å². The van der Waals surface area contributed by atoms with Crippen LogP contribution in [0.5, 0.6) is 0 Å². The van der Waals surface area contributed by atoms with E-state index >= 15 is 0 Å². The summed E-state index contributed by atoms with van der Waals surface area (Å²) in [5, 5.41) is 8.16. The van der Waals surface area contributed by atoms with E-state index in [-0.39, 0.29) is 6.61 Å². The standard InChI is InChI=1S/C22H15BrN2O3/c23-19-9-5-4-8-18(19)14-27-22(26)17-12-10-16(11-13-17)21-25-24-20(28-21)15-6-2-1-3-7-15/h1-13H,14H2. The number of hydrogen-bond acceptors (Lipinski definition) is 5. The molecule has 0 unspecified atom stereocenters. The highest BCUT2D eigenvalue weighted by Crippen LogP contribution is 2.24. The molecule has 0 aliphatic rings. The van der Waals surface area contributed by atoms with Crippen molar-refractivity contribution in [1.29, 1.82) is 0 Å². The summed E-state index contributed by atoms with van der Waals surface area (Å²) in [5.41, 5.74) is 2.95. The normalized spacial score (nSPS) is 10.6. The Balaban J connectivity index is 1.44. The molecule has 0 aliphatic heterocycles. The van der Waals surface area contributed by atoms with Crippen molar-refractivity contribution in [3.05, 3.63) is 94.5 Å². The molecule has 1 aromatic heterocycles. The number of rotatable bonds is 5. The zero-order valence-electron chi connectivity index (χ0n) is 14.7. The molecule has 1 heterocycles. The van der Waals surface area contributed by atoms with Crippen LogP contribution >= 0.6 is 15.9 Å². The molecule has 0 aliphatic carbocycles. The van der Waals surface area contributed by atoms with Gasteiger partial charge in [0, 0.05) is 21.2 Å². The number of halogens is 1. The Bertz CT molecular complexity index is 1090. The smallest absolute Gasteiger partial charge is 0.338 e. The molecule has 138 valence electrons. The van der Waals surface area contributed by atoms with Crippen molar-refractivity contribution in [2.45, 2.75) is 6.61 Å². The first-order valence-electron chi connectivity index (χ1n) is 8.60. The summed E-state index contributed by atoms with van der Waals surface area (Å²) in [6.45, 7) is 0.200. The lowest BCUT2D eigenvalue weighted by Gasteiger charge is -2.07. The maximum atomic E-state index is 12.3. The number of nitrogens with zero attached hydrogens (tertiary/aromatic N) is 2. The van der Waals surface area contributed by atoms with Crippen LogP contribution in [0.25, 0.3) is 22.9 Å². The summed E-state index contributed by atoms with van der Waals surface area (Å²) in [7, 11) is 0. The van der Waals surface area contributed by atoms with E-state index in [0.717, 1.165) is 21.2 Å². The topological polar surface area (TPSA) is 65.2 Å². The van der Waals surface area contributed by atoms with Gasteiger partial charge in [-0.25, -0.2) is 4.79 Å². The van der Waals surface area contributed by atoms with Crippen LogP contribution in [0.2, 0.25) is 0 Å². The molecule has 6 heteroatoms. The Labute approximate surface area is 170 Å². The maximum absolute atomic E-state index is 12.3. The average molecular weight is 435 g/mol. The molecule has 0 N–H and O–H groups in total. The number of carbonyl (C=O) groups excluding carboxylic acids is 1. The van der Waals surface area contributed by atoms with E-state index in [0.29, 0.717) is 17.3 Å². The predicted molar refractivity (Wildman–Crippen MR) is 108 cm³/mol. The van der Waals surface area contributed by atoms with Crippen molar-refractivity contribution in [3.8, 4) is 22.9 Å². The summed E-state index contributed by atoms with van der Waals surface area (Å²) in [6.07, 6.45) is 0. The molecule has 0 atom stereocenters. The van der Waals surface area contributed by atoms with Crippen LogP contribution in [0.15, 0.2) is 87.8 Å². The highest BCUT2D eigenvalue weighted by Gasteiger charge is 2.13. The third-order valence-corrected chi connectivity index (χ3v) is 4.90. The van der Waals surface area contributed by atoms with Crippen LogP contribution < -0.4 is 0 Å². The van der Waals surface area contributed by atoms with Crippen LogP contribution in [-0.4, -0.2) is 16.2 Å². The fourth-order valence-corrected chi connectivity index (χ4v) is 3.03. The Morgan fingerprint density at radius 3 is 2.11 bits per heavy atom.